The topological polar surface area (TPSA) is 82.6 Å². The van der Waals surface area contributed by atoms with Crippen LogP contribution in [0.15, 0.2) is 0 Å². The minimum Gasteiger partial charge on any atom is -0.459 e. The predicted octanol–water partition coefficient (Wildman–Crippen LogP) is 1.65. The summed E-state index contributed by atoms with van der Waals surface area (Å²) in [6, 6.07) is 0. The number of carbonyl (C=O) groups is 2. The number of hydrogen-bond donors (Lipinski definition) is 2. The second-order valence-electron chi connectivity index (χ2n) is 5.19. The molecule has 2 N–H and O–H groups in total. The van der Waals surface area contributed by atoms with Gasteiger partial charge in [0.2, 0.25) is 0 Å². The lowest BCUT2D eigenvalue weighted by molar-refractivity contribution is 0.0376. The number of carbonyl (C=O) groups excluding carboxylic acids is 2. The third kappa shape index (κ3) is 3.85. The normalized spacial score (nSPS) is 10.8. The smallest absolute Gasteiger partial charge is 0.340 e. The molecule has 0 aliphatic heterocycles. The van der Waals surface area contributed by atoms with Crippen LogP contribution in [0.2, 0.25) is 0 Å². The summed E-state index contributed by atoms with van der Waals surface area (Å²) in [6.07, 6.45) is -0.216. The number of aliphatic hydroxyl groups is 1. The van der Waals surface area contributed by atoms with Gasteiger partial charge in [0, 0.05) is 18.8 Å². The molecule has 1 amide bonds. The van der Waals surface area contributed by atoms with Gasteiger partial charge in [0.1, 0.15) is 5.69 Å². The maximum Gasteiger partial charge on any atom is 0.340 e. The van der Waals surface area contributed by atoms with E-state index < -0.39 is 5.97 Å². The summed E-state index contributed by atoms with van der Waals surface area (Å²) in [4.78, 5) is 29.0. The van der Waals surface area contributed by atoms with Crippen LogP contribution < -0.4 is 0 Å². The summed E-state index contributed by atoms with van der Waals surface area (Å²) >= 11 is 0. The molecule has 0 atom stereocenters. The van der Waals surface area contributed by atoms with Crippen molar-refractivity contribution in [1.82, 2.24) is 9.88 Å². The summed E-state index contributed by atoms with van der Waals surface area (Å²) in [7, 11) is 0. The molecule has 0 fully saturated rings. The number of likely N-dealkylation sites (N-methyl/N-ethyl adjacent to an activating group) is 1. The average Bonchev–Trinajstić information content (AvgIpc) is 2.69. The lowest BCUT2D eigenvalue weighted by Gasteiger charge is -2.19. The fourth-order valence-corrected chi connectivity index (χ4v) is 2.23. The summed E-state index contributed by atoms with van der Waals surface area (Å²) < 4.78 is 5.20. The van der Waals surface area contributed by atoms with Crippen molar-refractivity contribution in [2.45, 2.75) is 40.7 Å². The van der Waals surface area contributed by atoms with Gasteiger partial charge in [-0.3, -0.25) is 4.79 Å². The molecule has 1 aromatic heterocycles. The van der Waals surface area contributed by atoms with Gasteiger partial charge in [-0.25, -0.2) is 4.79 Å². The molecule has 0 aliphatic rings. The van der Waals surface area contributed by atoms with Gasteiger partial charge in [-0.05, 0) is 40.2 Å². The molecule has 0 saturated heterocycles. The van der Waals surface area contributed by atoms with E-state index in [1.54, 1.807) is 27.7 Å². The zero-order valence-electron chi connectivity index (χ0n) is 13.3. The molecular formula is C15H24N2O4. The van der Waals surface area contributed by atoms with Gasteiger partial charge in [0.15, 0.2) is 0 Å². The number of H-pyrrole nitrogens is 1. The van der Waals surface area contributed by atoms with Crippen LogP contribution in [0.5, 0.6) is 0 Å². The number of aromatic amines is 1. The Labute approximate surface area is 125 Å². The van der Waals surface area contributed by atoms with Gasteiger partial charge in [-0.2, -0.15) is 0 Å². The highest BCUT2D eigenvalue weighted by Gasteiger charge is 2.25. The third-order valence-corrected chi connectivity index (χ3v) is 3.24. The van der Waals surface area contributed by atoms with Crippen LogP contribution in [0.25, 0.3) is 0 Å². The number of esters is 1. The van der Waals surface area contributed by atoms with E-state index >= 15 is 0 Å². The first kappa shape index (κ1) is 17.2. The molecule has 6 heteroatoms. The van der Waals surface area contributed by atoms with Crippen molar-refractivity contribution in [3.05, 3.63) is 22.5 Å². The molecule has 0 spiro atoms. The average molecular weight is 296 g/mol. The predicted molar refractivity (Wildman–Crippen MR) is 79.5 cm³/mol. The van der Waals surface area contributed by atoms with Crippen molar-refractivity contribution in [2.75, 3.05) is 19.7 Å². The van der Waals surface area contributed by atoms with Crippen molar-refractivity contribution in [3.8, 4) is 0 Å². The highest BCUT2D eigenvalue weighted by atomic mass is 16.5. The summed E-state index contributed by atoms with van der Waals surface area (Å²) in [6.45, 7) is 9.51. The van der Waals surface area contributed by atoms with E-state index in [1.165, 1.54) is 4.90 Å². The van der Waals surface area contributed by atoms with Crippen LogP contribution in [-0.4, -0.2) is 52.7 Å². The number of aromatic nitrogens is 1. The molecule has 1 aromatic rings. The quantitative estimate of drug-likeness (QED) is 0.782. The minimum absolute atomic E-state index is 0.0967. The van der Waals surface area contributed by atoms with Crippen LogP contribution in [0.3, 0.4) is 0 Å². The zero-order chi connectivity index (χ0) is 16.2. The Morgan fingerprint density at radius 2 is 1.95 bits per heavy atom. The first-order chi connectivity index (χ1) is 9.83. The molecule has 6 nitrogen and oxygen atoms in total. The number of rotatable bonds is 6. The molecule has 118 valence electrons. The van der Waals surface area contributed by atoms with Crippen molar-refractivity contribution in [2.24, 2.45) is 0 Å². The van der Waals surface area contributed by atoms with Crippen LogP contribution in [-0.2, 0) is 4.74 Å². The highest BCUT2D eigenvalue weighted by molar-refractivity contribution is 6.00. The van der Waals surface area contributed by atoms with E-state index in [0.717, 1.165) is 0 Å². The maximum atomic E-state index is 12.4. The van der Waals surface area contributed by atoms with Gasteiger partial charge in [-0.1, -0.05) is 0 Å². The lowest BCUT2D eigenvalue weighted by Crippen LogP contribution is -2.34. The number of nitrogens with one attached hydrogen (secondary N) is 1. The lowest BCUT2D eigenvalue weighted by atomic mass is 10.1. The number of nitrogens with zero attached hydrogens (tertiary/aromatic N) is 1. The second-order valence-corrected chi connectivity index (χ2v) is 5.19. The van der Waals surface area contributed by atoms with Crippen molar-refractivity contribution in [3.63, 3.8) is 0 Å². The highest BCUT2D eigenvalue weighted by Crippen LogP contribution is 2.21. The molecule has 0 unspecified atom stereocenters. The standard InChI is InChI=1S/C15H24N2O4/c1-6-17(7-8-18)14(19)13-10(4)12(11(5)16-13)15(20)21-9(2)3/h9,16,18H,6-8H2,1-5H3. The van der Waals surface area contributed by atoms with E-state index in [-0.39, 0.29) is 25.2 Å². The Morgan fingerprint density at radius 1 is 1.33 bits per heavy atom. The van der Waals surface area contributed by atoms with Crippen LogP contribution in [0.1, 0.15) is 52.9 Å². The number of aryl methyl sites for hydroxylation is 1. The Bertz CT molecular complexity index is 520. The SMILES string of the molecule is CCN(CCO)C(=O)c1[nH]c(C)c(C(=O)OC(C)C)c1C. The largest absolute Gasteiger partial charge is 0.459 e. The molecule has 0 radical (unpaired) electrons. The molecule has 1 rings (SSSR count). The van der Waals surface area contributed by atoms with Crippen LogP contribution in [0, 0.1) is 13.8 Å². The van der Waals surface area contributed by atoms with Crippen molar-refractivity contribution >= 4 is 11.9 Å². The molecule has 0 aromatic carbocycles. The molecular weight excluding hydrogens is 272 g/mol. The van der Waals surface area contributed by atoms with E-state index in [4.69, 9.17) is 9.84 Å². The van der Waals surface area contributed by atoms with Gasteiger partial charge in [0.25, 0.3) is 5.91 Å². The summed E-state index contributed by atoms with van der Waals surface area (Å²) in [5.41, 5.74) is 1.98. The van der Waals surface area contributed by atoms with E-state index in [9.17, 15) is 9.59 Å². The second kappa shape index (κ2) is 7.26. The zero-order valence-corrected chi connectivity index (χ0v) is 13.3. The summed E-state index contributed by atoms with van der Waals surface area (Å²) in [5, 5.41) is 9.00. The Kier molecular flexibility index (Phi) is 5.96. The number of amides is 1. The number of hydrogen-bond acceptors (Lipinski definition) is 4. The minimum atomic E-state index is -0.430. The Balaban J connectivity index is 3.12. The third-order valence-electron chi connectivity index (χ3n) is 3.24. The monoisotopic (exact) mass is 296 g/mol. The molecule has 0 bridgehead atoms. The van der Waals surface area contributed by atoms with Gasteiger partial charge < -0.3 is 19.7 Å². The first-order valence-corrected chi connectivity index (χ1v) is 7.13. The number of aliphatic hydroxyl groups excluding tert-OH is 1. The fourth-order valence-electron chi connectivity index (χ4n) is 2.23. The van der Waals surface area contributed by atoms with Crippen LogP contribution >= 0.6 is 0 Å². The van der Waals surface area contributed by atoms with E-state index in [0.29, 0.717) is 29.1 Å². The first-order valence-electron chi connectivity index (χ1n) is 7.13. The van der Waals surface area contributed by atoms with Crippen molar-refractivity contribution < 1.29 is 19.4 Å². The Hall–Kier alpha value is -1.82. The Morgan fingerprint density at radius 3 is 2.43 bits per heavy atom. The number of ether oxygens (including phenoxy) is 1. The molecule has 1 heterocycles. The van der Waals surface area contributed by atoms with Gasteiger partial charge >= 0.3 is 5.97 Å². The van der Waals surface area contributed by atoms with Gasteiger partial charge in [-0.15, -0.1) is 0 Å². The van der Waals surface area contributed by atoms with E-state index in [2.05, 4.69) is 4.98 Å². The molecule has 21 heavy (non-hydrogen) atoms. The molecule has 0 aliphatic carbocycles. The maximum absolute atomic E-state index is 12.4. The van der Waals surface area contributed by atoms with Gasteiger partial charge in [0.05, 0.1) is 18.3 Å². The fraction of sp³-hybridized carbons (Fsp3) is 0.600. The van der Waals surface area contributed by atoms with Crippen LogP contribution in [0.4, 0.5) is 0 Å². The molecule has 0 saturated carbocycles. The van der Waals surface area contributed by atoms with E-state index in [1.807, 2.05) is 6.92 Å². The summed E-state index contributed by atoms with van der Waals surface area (Å²) in [5.74, 6) is -0.656. The van der Waals surface area contributed by atoms with Crippen molar-refractivity contribution in [1.29, 1.82) is 0 Å².